The number of anilines is 1. The molecule has 1 atom stereocenters. The number of hydrogen-bond acceptors (Lipinski definition) is 5. The van der Waals surface area contributed by atoms with Crippen LogP contribution >= 0.6 is 0 Å². The first-order chi connectivity index (χ1) is 12.1. The summed E-state index contributed by atoms with van der Waals surface area (Å²) < 4.78 is 63.9. The number of ether oxygens (including phenoxy) is 1. The average Bonchev–Trinajstić information content (AvgIpc) is 2.84. The second-order valence-corrected chi connectivity index (χ2v) is 8.76. The van der Waals surface area contributed by atoms with Crippen LogP contribution in [0.3, 0.4) is 0 Å². The second-order valence-electron chi connectivity index (χ2n) is 6.53. The highest BCUT2D eigenvalue weighted by atomic mass is 32.2. The van der Waals surface area contributed by atoms with Gasteiger partial charge >= 0.3 is 6.36 Å². The molecule has 1 aromatic rings. The van der Waals surface area contributed by atoms with Crippen molar-refractivity contribution in [3.8, 4) is 5.75 Å². The van der Waals surface area contributed by atoms with Crippen LogP contribution in [0.25, 0.3) is 0 Å². The number of carbonyl (C=O) groups excluding carboxylic acids is 1. The van der Waals surface area contributed by atoms with Crippen molar-refractivity contribution in [1.29, 1.82) is 0 Å². The highest BCUT2D eigenvalue weighted by Crippen LogP contribution is 2.32. The Morgan fingerprint density at radius 2 is 2.12 bits per heavy atom. The molecule has 144 valence electrons. The van der Waals surface area contributed by atoms with E-state index < -0.39 is 16.2 Å². The molecule has 10 heteroatoms. The van der Waals surface area contributed by atoms with Gasteiger partial charge in [0, 0.05) is 18.3 Å². The predicted octanol–water partition coefficient (Wildman–Crippen LogP) is 1.64. The van der Waals surface area contributed by atoms with Gasteiger partial charge < -0.3 is 15.0 Å². The summed E-state index contributed by atoms with van der Waals surface area (Å²) in [6, 6.07) is 3.71. The summed E-state index contributed by atoms with van der Waals surface area (Å²) >= 11 is 0. The van der Waals surface area contributed by atoms with Crippen molar-refractivity contribution in [2.75, 3.05) is 29.5 Å². The number of alkyl halides is 3. The molecule has 2 aliphatic rings. The van der Waals surface area contributed by atoms with E-state index in [1.165, 1.54) is 18.2 Å². The Kier molecular flexibility index (Phi) is 5.05. The van der Waals surface area contributed by atoms with Gasteiger partial charge in [-0.1, -0.05) is 0 Å². The van der Waals surface area contributed by atoms with Crippen molar-refractivity contribution in [2.24, 2.45) is 0 Å². The number of hydrogen-bond donors (Lipinski definition) is 1. The summed E-state index contributed by atoms with van der Waals surface area (Å²) in [6.07, 6.45) is -3.04. The lowest BCUT2D eigenvalue weighted by molar-refractivity contribution is -0.274. The molecule has 0 saturated carbocycles. The van der Waals surface area contributed by atoms with Crippen LogP contribution in [-0.4, -0.2) is 51.3 Å². The van der Waals surface area contributed by atoms with Crippen molar-refractivity contribution in [3.05, 3.63) is 23.8 Å². The minimum absolute atomic E-state index is 0.0308. The van der Waals surface area contributed by atoms with Gasteiger partial charge in [0.15, 0.2) is 9.84 Å². The molecule has 0 radical (unpaired) electrons. The van der Waals surface area contributed by atoms with Crippen molar-refractivity contribution in [3.63, 3.8) is 0 Å². The van der Waals surface area contributed by atoms with E-state index in [9.17, 15) is 26.4 Å². The van der Waals surface area contributed by atoms with E-state index in [-0.39, 0.29) is 35.7 Å². The second kappa shape index (κ2) is 6.98. The van der Waals surface area contributed by atoms with Gasteiger partial charge in [0.1, 0.15) is 5.75 Å². The van der Waals surface area contributed by atoms with E-state index in [4.69, 9.17) is 0 Å². The molecule has 1 saturated heterocycles. The maximum absolute atomic E-state index is 12.3. The van der Waals surface area contributed by atoms with Crippen LogP contribution in [0.15, 0.2) is 18.2 Å². The Bertz CT molecular complexity index is 795. The molecule has 0 bridgehead atoms. The number of halogens is 3. The Balaban J connectivity index is 1.65. The van der Waals surface area contributed by atoms with Crippen LogP contribution in [0.1, 0.15) is 18.4 Å². The van der Waals surface area contributed by atoms with Gasteiger partial charge in [0.25, 0.3) is 0 Å². The molecule has 1 aromatic carbocycles. The van der Waals surface area contributed by atoms with Crippen LogP contribution in [-0.2, 0) is 21.1 Å². The average molecular weight is 392 g/mol. The highest BCUT2D eigenvalue weighted by molar-refractivity contribution is 7.91. The minimum atomic E-state index is -4.75. The molecular weight excluding hydrogens is 373 g/mol. The largest absolute Gasteiger partial charge is 0.573 e. The van der Waals surface area contributed by atoms with Crippen molar-refractivity contribution in [1.82, 2.24) is 5.32 Å². The first-order valence-electron chi connectivity index (χ1n) is 8.25. The summed E-state index contributed by atoms with van der Waals surface area (Å²) in [6.45, 7) is 0.631. The summed E-state index contributed by atoms with van der Waals surface area (Å²) in [5.74, 6) is -0.547. The SMILES string of the molecule is O=C(CN1CCCc2cc(OC(F)(F)F)ccc21)NC1CCS(=O)(=O)C1. The maximum atomic E-state index is 12.3. The van der Waals surface area contributed by atoms with Crippen LogP contribution in [0, 0.1) is 0 Å². The van der Waals surface area contributed by atoms with Gasteiger partial charge in [-0.05, 0) is 43.0 Å². The molecule has 26 heavy (non-hydrogen) atoms. The number of benzene rings is 1. The number of amides is 1. The van der Waals surface area contributed by atoms with Crippen LogP contribution in [0.4, 0.5) is 18.9 Å². The highest BCUT2D eigenvalue weighted by Gasteiger charge is 2.32. The van der Waals surface area contributed by atoms with Gasteiger partial charge in [-0.15, -0.1) is 13.2 Å². The lowest BCUT2D eigenvalue weighted by Crippen LogP contribution is -2.44. The van der Waals surface area contributed by atoms with Crippen LogP contribution in [0.2, 0.25) is 0 Å². The monoisotopic (exact) mass is 392 g/mol. The quantitative estimate of drug-likeness (QED) is 0.843. The molecule has 1 fully saturated rings. The first kappa shape index (κ1) is 18.8. The number of sulfone groups is 1. The fourth-order valence-corrected chi connectivity index (χ4v) is 5.04. The normalized spacial score (nSPS) is 22.0. The van der Waals surface area contributed by atoms with E-state index >= 15 is 0 Å². The van der Waals surface area contributed by atoms with Crippen molar-refractivity contribution >= 4 is 21.4 Å². The predicted molar refractivity (Wildman–Crippen MR) is 88.9 cm³/mol. The third kappa shape index (κ3) is 4.80. The molecule has 6 nitrogen and oxygen atoms in total. The standard InChI is InChI=1S/C16H19F3N2O4S/c17-16(18,19)25-13-3-4-14-11(8-13)2-1-6-21(14)9-15(22)20-12-5-7-26(23,24)10-12/h3-4,8,12H,1-2,5-7,9-10H2,(H,20,22). The third-order valence-electron chi connectivity index (χ3n) is 4.43. The zero-order valence-corrected chi connectivity index (χ0v) is 14.7. The molecule has 1 N–H and O–H groups in total. The summed E-state index contributed by atoms with van der Waals surface area (Å²) in [7, 11) is -3.08. The van der Waals surface area contributed by atoms with Crippen molar-refractivity contribution in [2.45, 2.75) is 31.7 Å². The lowest BCUT2D eigenvalue weighted by Gasteiger charge is -2.31. The van der Waals surface area contributed by atoms with E-state index in [2.05, 4.69) is 10.1 Å². The number of nitrogens with one attached hydrogen (secondary N) is 1. The number of aryl methyl sites for hydroxylation is 1. The van der Waals surface area contributed by atoms with Gasteiger partial charge in [0.2, 0.25) is 5.91 Å². The number of nitrogens with zero attached hydrogens (tertiary/aromatic N) is 1. The van der Waals surface area contributed by atoms with Crippen LogP contribution < -0.4 is 15.0 Å². The Morgan fingerprint density at radius 3 is 2.77 bits per heavy atom. The fourth-order valence-electron chi connectivity index (χ4n) is 3.37. The molecule has 3 rings (SSSR count). The topological polar surface area (TPSA) is 75.7 Å². The third-order valence-corrected chi connectivity index (χ3v) is 6.20. The molecule has 1 amide bonds. The fraction of sp³-hybridized carbons (Fsp3) is 0.562. The van der Waals surface area contributed by atoms with Gasteiger partial charge in [0.05, 0.1) is 18.1 Å². The summed E-state index contributed by atoms with van der Waals surface area (Å²) in [4.78, 5) is 14.0. The molecule has 0 aliphatic carbocycles. The Morgan fingerprint density at radius 1 is 1.35 bits per heavy atom. The number of fused-ring (bicyclic) bond motifs is 1. The minimum Gasteiger partial charge on any atom is -0.406 e. The number of carbonyl (C=O) groups is 1. The molecule has 0 spiro atoms. The first-order valence-corrected chi connectivity index (χ1v) is 10.1. The Hall–Kier alpha value is -1.97. The van der Waals surface area contributed by atoms with Gasteiger partial charge in [-0.3, -0.25) is 4.79 Å². The molecule has 0 aromatic heterocycles. The zero-order chi connectivity index (χ0) is 18.9. The van der Waals surface area contributed by atoms with E-state index in [0.717, 1.165) is 0 Å². The van der Waals surface area contributed by atoms with Gasteiger partial charge in [-0.25, -0.2) is 8.42 Å². The van der Waals surface area contributed by atoms with Crippen LogP contribution in [0.5, 0.6) is 5.75 Å². The molecule has 2 heterocycles. The molecule has 1 unspecified atom stereocenters. The smallest absolute Gasteiger partial charge is 0.406 e. The van der Waals surface area contributed by atoms with E-state index in [1.807, 2.05) is 0 Å². The zero-order valence-electron chi connectivity index (χ0n) is 13.9. The molecule has 2 aliphatic heterocycles. The summed E-state index contributed by atoms with van der Waals surface area (Å²) in [5, 5.41) is 2.72. The van der Waals surface area contributed by atoms with E-state index in [0.29, 0.717) is 37.1 Å². The van der Waals surface area contributed by atoms with Crippen molar-refractivity contribution < 1.29 is 31.1 Å². The lowest BCUT2D eigenvalue weighted by atomic mass is 10.0. The van der Waals surface area contributed by atoms with E-state index in [1.54, 1.807) is 4.90 Å². The Labute approximate surface area is 149 Å². The summed E-state index contributed by atoms with van der Waals surface area (Å²) in [5.41, 5.74) is 1.38. The number of rotatable bonds is 4. The molecular formula is C16H19F3N2O4S. The van der Waals surface area contributed by atoms with Gasteiger partial charge in [-0.2, -0.15) is 0 Å². The maximum Gasteiger partial charge on any atom is 0.573 e.